The maximum Gasteiger partial charge on any atom is 0.343 e. The van der Waals surface area contributed by atoms with Gasteiger partial charge in [0, 0.05) is 56.2 Å². The third-order valence-electron chi connectivity index (χ3n) is 10.2. The van der Waals surface area contributed by atoms with E-state index in [1.165, 1.54) is 28.0 Å². The molecular weight excluding hydrogens is 795 g/mol. The Hall–Kier alpha value is -4.95. The number of aliphatic hydroxyl groups excluding tert-OH is 1. The summed E-state index contributed by atoms with van der Waals surface area (Å²) >= 11 is 0. The van der Waals surface area contributed by atoms with E-state index in [0.29, 0.717) is 51.1 Å². The molecule has 0 unspecified atom stereocenters. The Kier molecular flexibility index (Phi) is 15.2. The van der Waals surface area contributed by atoms with Gasteiger partial charge in [0.1, 0.15) is 29.5 Å². The predicted molar refractivity (Wildman–Crippen MR) is 220 cm³/mol. The van der Waals surface area contributed by atoms with Gasteiger partial charge in [0.25, 0.3) is 15.7 Å². The first kappa shape index (κ1) is 45.1. The second-order valence-corrected chi connectivity index (χ2v) is 16.2. The number of halogens is 2. The number of carbonyl (C=O) groups is 1. The van der Waals surface area contributed by atoms with Gasteiger partial charge in [0.2, 0.25) is 5.43 Å². The summed E-state index contributed by atoms with van der Waals surface area (Å²) in [6, 6.07) is 8.10. The number of ether oxygens (including phenoxy) is 2. The zero-order chi connectivity index (χ0) is 43.0. The van der Waals surface area contributed by atoms with Gasteiger partial charge < -0.3 is 29.4 Å². The van der Waals surface area contributed by atoms with E-state index in [1.807, 2.05) is 32.0 Å². The molecule has 2 aromatic heterocycles. The molecular formula is C40H52F2N6O10S. The standard InChI is InChI=1S/C39H48F2N6O7.CH4O3S/c1-4-26-19-27(8-7-24(26)2)42-32-21-33(49)46(39(52)43-32)12-6-5-11-44-13-14-45(22-25(44)3)36-31(40)20-29-35(34(36)41)47(28-9-10-28)23-30(37(29)50)38(51)54-18-17-53-16-15-48;1-5(2,3)4/h7-8,19-21,23,25,28,42,48H,4-6,9-18,22H2,1-3H3,(H,43,52);1H3,(H,2,3,4)/t25-;/m1./s1. The second-order valence-electron chi connectivity index (χ2n) is 14.8. The average molecular weight is 847 g/mol. The van der Waals surface area contributed by atoms with Crippen molar-refractivity contribution in [2.24, 2.45) is 0 Å². The van der Waals surface area contributed by atoms with Crippen LogP contribution in [0.15, 0.2) is 50.9 Å². The average Bonchev–Trinajstić information content (AvgIpc) is 4.01. The number of H-pyrrole nitrogens is 1. The molecule has 1 saturated heterocycles. The number of aromatic nitrogens is 3. The van der Waals surface area contributed by atoms with Crippen LogP contribution in [0.4, 0.5) is 26.0 Å². The van der Waals surface area contributed by atoms with Crippen molar-refractivity contribution in [3.63, 3.8) is 0 Å². The molecule has 2 fully saturated rings. The summed E-state index contributed by atoms with van der Waals surface area (Å²) in [5.74, 6) is -2.30. The molecule has 322 valence electrons. The summed E-state index contributed by atoms with van der Waals surface area (Å²) in [5.41, 5.74) is 0.899. The Morgan fingerprint density at radius 2 is 1.75 bits per heavy atom. The molecule has 19 heteroatoms. The highest BCUT2D eigenvalue weighted by Crippen LogP contribution is 2.40. The number of hydrogen-bond acceptors (Lipinski definition) is 12. The van der Waals surface area contributed by atoms with E-state index in [4.69, 9.17) is 19.1 Å². The van der Waals surface area contributed by atoms with Gasteiger partial charge in [-0.05, 0) is 81.8 Å². The van der Waals surface area contributed by atoms with Gasteiger partial charge in [-0.2, -0.15) is 8.42 Å². The first-order valence-electron chi connectivity index (χ1n) is 19.5. The lowest BCUT2D eigenvalue weighted by molar-refractivity contribution is 0.0256. The summed E-state index contributed by atoms with van der Waals surface area (Å²) in [4.78, 5) is 58.5. The summed E-state index contributed by atoms with van der Waals surface area (Å²) in [6.07, 6.45) is 5.63. The van der Waals surface area contributed by atoms with Crippen LogP contribution in [-0.2, 0) is 32.6 Å². The Balaban J connectivity index is 0.00000125. The Morgan fingerprint density at radius 3 is 2.39 bits per heavy atom. The normalized spacial score (nSPS) is 15.9. The number of piperazine rings is 1. The number of nitrogens with zero attached hydrogens (tertiary/aromatic N) is 4. The number of pyridine rings is 1. The van der Waals surface area contributed by atoms with Crippen LogP contribution in [-0.4, -0.2) is 108 Å². The summed E-state index contributed by atoms with van der Waals surface area (Å²) in [7, 11) is -3.67. The van der Waals surface area contributed by atoms with Crippen LogP contribution in [0.5, 0.6) is 0 Å². The van der Waals surface area contributed by atoms with E-state index in [9.17, 15) is 27.6 Å². The number of fused-ring (bicyclic) bond motifs is 1. The lowest BCUT2D eigenvalue weighted by atomic mass is 10.1. The quantitative estimate of drug-likeness (QED) is 0.0722. The number of rotatable bonds is 16. The maximum atomic E-state index is 16.4. The molecule has 6 rings (SSSR count). The van der Waals surface area contributed by atoms with Gasteiger partial charge in [0.15, 0.2) is 5.82 Å². The highest BCUT2D eigenvalue weighted by atomic mass is 32.2. The smallest absolute Gasteiger partial charge is 0.343 e. The number of carbonyl (C=O) groups excluding carboxylic acids is 1. The minimum Gasteiger partial charge on any atom is -0.459 e. The lowest BCUT2D eigenvalue weighted by Crippen LogP contribution is -2.52. The number of aromatic amines is 1. The fraction of sp³-hybridized carbons (Fsp3) is 0.500. The van der Waals surface area contributed by atoms with E-state index >= 15 is 8.78 Å². The molecule has 1 atom stereocenters. The van der Waals surface area contributed by atoms with E-state index in [0.717, 1.165) is 31.0 Å². The zero-order valence-corrected chi connectivity index (χ0v) is 34.4. The summed E-state index contributed by atoms with van der Waals surface area (Å²) < 4.78 is 71.0. The fourth-order valence-corrected chi connectivity index (χ4v) is 7.15. The fourth-order valence-electron chi connectivity index (χ4n) is 7.15. The number of nitrogens with one attached hydrogen (secondary N) is 2. The molecule has 4 aromatic rings. The predicted octanol–water partition coefficient (Wildman–Crippen LogP) is 3.74. The van der Waals surface area contributed by atoms with Gasteiger partial charge in [-0.3, -0.25) is 28.6 Å². The van der Waals surface area contributed by atoms with Crippen LogP contribution in [0.3, 0.4) is 0 Å². The third kappa shape index (κ3) is 11.8. The van der Waals surface area contributed by atoms with Crippen molar-refractivity contribution < 1.29 is 41.1 Å². The minimum atomic E-state index is -3.67. The molecule has 2 aromatic carbocycles. The monoisotopic (exact) mass is 846 g/mol. The maximum absolute atomic E-state index is 16.4. The SMILES string of the molecule is CCc1cc(Nc2cc(=O)n(CCCCN3CCN(c4c(F)cc5c(=O)c(C(=O)OCCOCCO)cn(C6CC6)c5c4F)C[C@H]3C)c(=O)[nH]2)ccc1C.CS(=O)(=O)O. The Morgan fingerprint density at radius 1 is 1.03 bits per heavy atom. The van der Waals surface area contributed by atoms with Crippen molar-refractivity contribution >= 4 is 44.2 Å². The van der Waals surface area contributed by atoms with Crippen LogP contribution in [0.2, 0.25) is 0 Å². The minimum absolute atomic E-state index is 0.0273. The van der Waals surface area contributed by atoms with Gasteiger partial charge in [-0.1, -0.05) is 13.0 Å². The van der Waals surface area contributed by atoms with Crippen molar-refractivity contribution in [3.05, 3.63) is 95.9 Å². The van der Waals surface area contributed by atoms with Crippen LogP contribution in [0.1, 0.15) is 67.1 Å². The highest BCUT2D eigenvalue weighted by Gasteiger charge is 2.33. The number of esters is 1. The molecule has 1 saturated carbocycles. The summed E-state index contributed by atoms with van der Waals surface area (Å²) in [6.45, 7) is 8.00. The van der Waals surface area contributed by atoms with Crippen molar-refractivity contribution in [3.8, 4) is 0 Å². The number of aryl methyl sites for hydroxylation is 2. The summed E-state index contributed by atoms with van der Waals surface area (Å²) in [5, 5.41) is 11.7. The van der Waals surface area contributed by atoms with Crippen LogP contribution in [0.25, 0.3) is 10.9 Å². The van der Waals surface area contributed by atoms with Crippen molar-refractivity contribution in [1.82, 2.24) is 19.0 Å². The first-order valence-corrected chi connectivity index (χ1v) is 21.4. The van der Waals surface area contributed by atoms with E-state index in [1.54, 1.807) is 9.47 Å². The second kappa shape index (κ2) is 19.9. The van der Waals surface area contributed by atoms with E-state index < -0.39 is 44.4 Å². The number of unbranched alkanes of at least 4 members (excludes halogenated alkanes) is 1. The van der Waals surface area contributed by atoms with Gasteiger partial charge >= 0.3 is 11.7 Å². The highest BCUT2D eigenvalue weighted by molar-refractivity contribution is 7.85. The number of aliphatic hydroxyl groups is 1. The molecule has 59 heavy (non-hydrogen) atoms. The molecule has 3 heterocycles. The number of anilines is 3. The van der Waals surface area contributed by atoms with Gasteiger partial charge in [-0.25, -0.2) is 18.4 Å². The van der Waals surface area contributed by atoms with Crippen molar-refractivity contribution in [2.45, 2.75) is 71.5 Å². The number of benzene rings is 2. The molecule has 0 radical (unpaired) electrons. The molecule has 2 aliphatic rings. The first-order chi connectivity index (χ1) is 28.0. The van der Waals surface area contributed by atoms with Crippen LogP contribution in [0, 0.1) is 18.6 Å². The molecule has 4 N–H and O–H groups in total. The molecule has 1 aliphatic carbocycles. The number of hydrogen-bond donors (Lipinski definition) is 4. The largest absolute Gasteiger partial charge is 0.459 e. The Labute approximate surface area is 340 Å². The van der Waals surface area contributed by atoms with Gasteiger partial charge in [0.05, 0.1) is 37.0 Å². The van der Waals surface area contributed by atoms with E-state index in [-0.39, 0.29) is 67.2 Å². The van der Waals surface area contributed by atoms with E-state index in [2.05, 4.69) is 22.1 Å². The molecule has 0 spiro atoms. The molecule has 0 bridgehead atoms. The Bertz CT molecular complexity index is 2390. The van der Waals surface area contributed by atoms with Crippen molar-refractivity contribution in [1.29, 1.82) is 0 Å². The zero-order valence-electron chi connectivity index (χ0n) is 33.6. The topological polar surface area (TPSA) is 205 Å². The van der Waals surface area contributed by atoms with Crippen LogP contribution < -0.4 is 26.9 Å². The third-order valence-corrected chi connectivity index (χ3v) is 10.2. The molecule has 16 nitrogen and oxygen atoms in total. The molecule has 1 aliphatic heterocycles. The van der Waals surface area contributed by atoms with Crippen molar-refractivity contribution in [2.75, 3.05) is 69.1 Å². The van der Waals surface area contributed by atoms with Gasteiger partial charge in [-0.15, -0.1) is 0 Å². The lowest BCUT2D eigenvalue weighted by Gasteiger charge is -2.41. The van der Waals surface area contributed by atoms with Crippen LogP contribution >= 0.6 is 0 Å². The molecule has 0 amide bonds.